The van der Waals surface area contributed by atoms with Crippen molar-refractivity contribution in [3.63, 3.8) is 0 Å². The molecule has 1 N–H and O–H groups in total. The Kier molecular flexibility index (Phi) is 6.17. The number of likely N-dealkylation sites (tertiary alicyclic amines) is 1. The van der Waals surface area contributed by atoms with Crippen LogP contribution in [-0.2, 0) is 16.1 Å². The van der Waals surface area contributed by atoms with E-state index in [0.29, 0.717) is 43.8 Å². The second-order valence-corrected chi connectivity index (χ2v) is 6.25. The van der Waals surface area contributed by atoms with Gasteiger partial charge in [0.05, 0.1) is 13.1 Å². The molecule has 134 valence electrons. The van der Waals surface area contributed by atoms with Crippen LogP contribution in [0.3, 0.4) is 0 Å². The van der Waals surface area contributed by atoms with Crippen LogP contribution in [0.15, 0.2) is 4.52 Å². The second-order valence-electron chi connectivity index (χ2n) is 6.25. The lowest BCUT2D eigenvalue weighted by atomic mass is 10.1. The van der Waals surface area contributed by atoms with E-state index >= 15 is 0 Å². The number of amides is 2. The van der Waals surface area contributed by atoms with E-state index in [2.05, 4.69) is 15.5 Å². The number of carbonyl (C=O) groups excluding carboxylic acids is 2. The van der Waals surface area contributed by atoms with Crippen LogP contribution in [0.5, 0.6) is 0 Å². The highest BCUT2D eigenvalue weighted by Gasteiger charge is 2.34. The molecule has 1 aromatic rings. The molecule has 2 aliphatic rings. The highest BCUT2D eigenvalue weighted by Crippen LogP contribution is 2.21. The molecule has 0 aromatic carbocycles. The molecule has 2 bridgehead atoms. The Balaban J connectivity index is 0.00000208. The third kappa shape index (κ3) is 4.24. The van der Waals surface area contributed by atoms with Crippen molar-refractivity contribution in [3.8, 4) is 0 Å². The minimum absolute atomic E-state index is 0. The summed E-state index contributed by atoms with van der Waals surface area (Å²) >= 11 is 0. The van der Waals surface area contributed by atoms with E-state index in [4.69, 9.17) is 4.52 Å². The molecule has 2 amide bonds. The zero-order valence-corrected chi connectivity index (χ0v) is 14.8. The van der Waals surface area contributed by atoms with Gasteiger partial charge in [0.15, 0.2) is 5.82 Å². The molecule has 3 rings (SSSR count). The molecule has 2 aliphatic heterocycles. The highest BCUT2D eigenvalue weighted by atomic mass is 35.5. The van der Waals surface area contributed by atoms with Crippen molar-refractivity contribution in [1.29, 1.82) is 0 Å². The zero-order chi connectivity index (χ0) is 16.4. The molecule has 0 unspecified atom stereocenters. The Morgan fingerprint density at radius 1 is 1.42 bits per heavy atom. The largest absolute Gasteiger partial charge is 0.340 e. The fourth-order valence-electron chi connectivity index (χ4n) is 3.28. The first-order valence-electron chi connectivity index (χ1n) is 8.16. The monoisotopic (exact) mass is 357 g/mol. The lowest BCUT2D eigenvalue weighted by molar-refractivity contribution is -0.140. The lowest BCUT2D eigenvalue weighted by Gasteiger charge is -2.27. The molecule has 2 saturated heterocycles. The fraction of sp³-hybridized carbons (Fsp3) is 0.733. The summed E-state index contributed by atoms with van der Waals surface area (Å²) in [6.07, 6.45) is 2.61. The van der Waals surface area contributed by atoms with Crippen LogP contribution in [0.2, 0.25) is 0 Å². The number of hydrogen-bond acceptors (Lipinski definition) is 6. The van der Waals surface area contributed by atoms with Gasteiger partial charge in [0, 0.05) is 38.5 Å². The molecule has 2 atom stereocenters. The van der Waals surface area contributed by atoms with Crippen molar-refractivity contribution in [2.45, 2.75) is 51.7 Å². The molecule has 0 spiro atoms. The average Bonchev–Trinajstić information content (AvgIpc) is 3.08. The van der Waals surface area contributed by atoms with Gasteiger partial charge in [0.2, 0.25) is 17.7 Å². The summed E-state index contributed by atoms with van der Waals surface area (Å²) in [4.78, 5) is 32.3. The Bertz CT molecular complexity index is 593. The molecule has 3 heterocycles. The maximum absolute atomic E-state index is 12.5. The van der Waals surface area contributed by atoms with Crippen molar-refractivity contribution < 1.29 is 14.1 Å². The quantitative estimate of drug-likeness (QED) is 0.825. The van der Waals surface area contributed by atoms with Crippen molar-refractivity contribution in [2.24, 2.45) is 0 Å². The summed E-state index contributed by atoms with van der Waals surface area (Å²) in [7, 11) is 0. The topological polar surface area (TPSA) is 91.6 Å². The van der Waals surface area contributed by atoms with Crippen LogP contribution in [0.25, 0.3) is 0 Å². The van der Waals surface area contributed by atoms with Gasteiger partial charge in [0.25, 0.3) is 0 Å². The summed E-state index contributed by atoms with van der Waals surface area (Å²) < 4.78 is 4.93. The van der Waals surface area contributed by atoms with Crippen LogP contribution in [0.4, 0.5) is 0 Å². The van der Waals surface area contributed by atoms with Crippen molar-refractivity contribution in [2.75, 3.05) is 19.6 Å². The van der Waals surface area contributed by atoms with E-state index in [0.717, 1.165) is 12.8 Å². The number of carbonyl (C=O) groups is 2. The smallest absolute Gasteiger partial charge is 0.242 e. The first-order valence-corrected chi connectivity index (χ1v) is 8.16. The molecule has 0 saturated carbocycles. The number of nitrogens with zero attached hydrogens (tertiary/aromatic N) is 4. The summed E-state index contributed by atoms with van der Waals surface area (Å²) in [6.45, 7) is 5.19. The first-order chi connectivity index (χ1) is 11.0. The Hall–Kier alpha value is -1.67. The zero-order valence-electron chi connectivity index (χ0n) is 14.0. The van der Waals surface area contributed by atoms with Gasteiger partial charge < -0.3 is 19.6 Å². The van der Waals surface area contributed by atoms with Gasteiger partial charge in [-0.15, -0.1) is 12.4 Å². The average molecular weight is 358 g/mol. The molecule has 2 fully saturated rings. The minimum atomic E-state index is -0.0823. The summed E-state index contributed by atoms with van der Waals surface area (Å²) in [5.74, 6) is 0.944. The maximum atomic E-state index is 12.5. The number of halogens is 1. The normalized spacial score (nSPS) is 22.9. The van der Waals surface area contributed by atoms with Crippen molar-refractivity contribution >= 4 is 24.2 Å². The first kappa shape index (κ1) is 18.7. The Morgan fingerprint density at radius 2 is 2.17 bits per heavy atom. The molecule has 8 nitrogen and oxygen atoms in total. The van der Waals surface area contributed by atoms with Crippen LogP contribution in [0.1, 0.15) is 37.9 Å². The number of aromatic nitrogens is 2. The number of nitrogens with one attached hydrogen (secondary N) is 1. The lowest BCUT2D eigenvalue weighted by Crippen LogP contribution is -2.45. The van der Waals surface area contributed by atoms with Crippen molar-refractivity contribution in [1.82, 2.24) is 25.3 Å². The molecule has 0 radical (unpaired) electrons. The van der Waals surface area contributed by atoms with Gasteiger partial charge in [-0.3, -0.25) is 9.59 Å². The number of rotatable bonds is 5. The van der Waals surface area contributed by atoms with E-state index in [-0.39, 0.29) is 36.8 Å². The second kappa shape index (κ2) is 7.94. The van der Waals surface area contributed by atoms with Gasteiger partial charge in [-0.05, 0) is 19.8 Å². The van der Waals surface area contributed by atoms with Crippen LogP contribution in [-0.4, -0.2) is 63.5 Å². The van der Waals surface area contributed by atoms with Crippen LogP contribution < -0.4 is 5.32 Å². The van der Waals surface area contributed by atoms with Gasteiger partial charge in [0.1, 0.15) is 0 Å². The van der Waals surface area contributed by atoms with Gasteiger partial charge in [-0.2, -0.15) is 4.98 Å². The predicted molar refractivity (Wildman–Crippen MR) is 88.5 cm³/mol. The Labute approximate surface area is 147 Å². The van der Waals surface area contributed by atoms with E-state index < -0.39 is 0 Å². The van der Waals surface area contributed by atoms with Gasteiger partial charge in [-0.25, -0.2) is 0 Å². The van der Waals surface area contributed by atoms with Gasteiger partial charge in [-0.1, -0.05) is 5.16 Å². The SMILES string of the molecule is CCN(Cc1noc(C)n1)C(=O)CN1C[C@@H]2CC[C@H](CC1=O)N2.Cl. The van der Waals surface area contributed by atoms with Gasteiger partial charge >= 0.3 is 0 Å². The molecule has 24 heavy (non-hydrogen) atoms. The number of likely N-dealkylation sites (N-methyl/N-ethyl adjacent to an activating group) is 1. The highest BCUT2D eigenvalue weighted by molar-refractivity contribution is 5.85. The standard InChI is InChI=1S/C15H23N5O3.ClH/c1-3-19(8-13-16-10(2)23-18-13)15(22)9-20-7-12-5-4-11(17-12)6-14(20)21;/h11-12,17H,3-9H2,1-2H3;1H/t11-,12+;/m1./s1. The van der Waals surface area contributed by atoms with E-state index in [1.807, 2.05) is 6.92 Å². The van der Waals surface area contributed by atoms with E-state index in [9.17, 15) is 9.59 Å². The molecule has 0 aliphatic carbocycles. The predicted octanol–water partition coefficient (Wildman–Crippen LogP) is 0.501. The maximum Gasteiger partial charge on any atom is 0.242 e. The van der Waals surface area contributed by atoms with Crippen LogP contribution in [0, 0.1) is 6.92 Å². The summed E-state index contributed by atoms with van der Waals surface area (Å²) in [6, 6.07) is 0.589. The van der Waals surface area contributed by atoms with E-state index in [1.54, 1.807) is 16.7 Å². The minimum Gasteiger partial charge on any atom is -0.340 e. The Morgan fingerprint density at radius 3 is 2.83 bits per heavy atom. The van der Waals surface area contributed by atoms with Crippen LogP contribution >= 0.6 is 12.4 Å². The third-order valence-corrected chi connectivity index (χ3v) is 4.51. The number of fused-ring (bicyclic) bond motifs is 2. The van der Waals surface area contributed by atoms with Crippen molar-refractivity contribution in [3.05, 3.63) is 11.7 Å². The summed E-state index contributed by atoms with van der Waals surface area (Å²) in [5, 5.41) is 7.28. The van der Waals surface area contributed by atoms with E-state index in [1.165, 1.54) is 0 Å². The molecule has 9 heteroatoms. The third-order valence-electron chi connectivity index (χ3n) is 4.51. The fourth-order valence-corrected chi connectivity index (χ4v) is 3.28. The number of hydrogen-bond donors (Lipinski definition) is 1. The number of aryl methyl sites for hydroxylation is 1. The molecular weight excluding hydrogens is 334 g/mol. The molecular formula is C15H24ClN5O3. The summed E-state index contributed by atoms with van der Waals surface area (Å²) in [5.41, 5.74) is 0. The molecule has 1 aromatic heterocycles.